The number of para-hydroxylation sites is 3. The minimum Gasteiger partial charge on any atom is -0.337 e. The predicted molar refractivity (Wildman–Crippen MR) is 218 cm³/mol. The molecule has 2 unspecified atom stereocenters. The number of benzene rings is 5. The molecule has 0 saturated heterocycles. The predicted octanol–water partition coefficient (Wildman–Crippen LogP) is 13.5. The van der Waals surface area contributed by atoms with Gasteiger partial charge in [0.2, 0.25) is 0 Å². The number of thioether (sulfide) groups is 1. The summed E-state index contributed by atoms with van der Waals surface area (Å²) in [6.07, 6.45) is 15.5. The van der Waals surface area contributed by atoms with Crippen LogP contribution >= 0.6 is 23.1 Å². The zero-order chi connectivity index (χ0) is 33.9. The van der Waals surface area contributed by atoms with Crippen LogP contribution in [0.3, 0.4) is 0 Å². The second kappa shape index (κ2) is 14.4. The Morgan fingerprint density at radius 1 is 0.660 bits per heavy atom. The highest BCUT2D eigenvalue weighted by molar-refractivity contribution is 8.03. The summed E-state index contributed by atoms with van der Waals surface area (Å²) in [7, 11) is 0. The van der Waals surface area contributed by atoms with Crippen LogP contribution in [-0.4, -0.2) is 6.04 Å². The van der Waals surface area contributed by atoms with Gasteiger partial charge < -0.3 is 9.80 Å². The third-order valence-corrected chi connectivity index (χ3v) is 12.1. The summed E-state index contributed by atoms with van der Waals surface area (Å²) < 4.78 is 1.35. The lowest BCUT2D eigenvalue weighted by Crippen LogP contribution is -2.39. The smallest absolute Gasteiger partial charge is 0.0637 e. The molecule has 1 aliphatic heterocycles. The van der Waals surface area contributed by atoms with E-state index in [1.165, 1.54) is 64.3 Å². The molecule has 2 aliphatic carbocycles. The minimum absolute atomic E-state index is 0.220. The van der Waals surface area contributed by atoms with E-state index in [9.17, 15) is 0 Å². The molecule has 2 heterocycles. The molecular weight excluding hydrogens is 645 g/mol. The largest absolute Gasteiger partial charge is 0.337 e. The zero-order valence-corrected chi connectivity index (χ0v) is 30.1. The van der Waals surface area contributed by atoms with Crippen LogP contribution in [0.1, 0.15) is 42.2 Å². The Morgan fingerprint density at radius 3 is 1.98 bits per heavy atom. The third kappa shape index (κ3) is 6.15. The third-order valence-electron chi connectivity index (χ3n) is 9.70. The Labute approximate surface area is 304 Å². The quantitative estimate of drug-likeness (QED) is 0.161. The summed E-state index contributed by atoms with van der Waals surface area (Å²) in [5.41, 5.74) is 9.09. The first kappa shape index (κ1) is 32.2. The number of thiophene rings is 1. The van der Waals surface area contributed by atoms with Crippen molar-refractivity contribution in [3.8, 4) is 0 Å². The Morgan fingerprint density at radius 2 is 1.30 bits per heavy atom. The lowest BCUT2D eigenvalue weighted by molar-refractivity contribution is 0.647. The summed E-state index contributed by atoms with van der Waals surface area (Å²) >= 11 is 3.86. The van der Waals surface area contributed by atoms with Gasteiger partial charge in [0, 0.05) is 48.8 Å². The van der Waals surface area contributed by atoms with E-state index in [0.717, 1.165) is 12.8 Å². The standard InChI is InChI=1S/C42H32N2S2.C4H8/c1-4-13-29(14-5-1)43(30-15-6-2-7-16-30)32-24-26-39-36(27-32)34-25-23-33(28-41(34)46-39)44(31-17-8-3-9-18-31)37-20-12-22-40-42(37)35-19-10-11-21-38(35)45-40;1-3-4-2/h1-22,24,26-28,37,42H,23,25H2;3-4H,1-2H3/b;4-3-. The highest BCUT2D eigenvalue weighted by Gasteiger charge is 2.39. The van der Waals surface area contributed by atoms with Crippen molar-refractivity contribution in [3.63, 3.8) is 0 Å². The Kier molecular flexibility index (Phi) is 9.30. The maximum atomic E-state index is 2.63. The van der Waals surface area contributed by atoms with Crippen molar-refractivity contribution in [2.75, 3.05) is 9.80 Å². The number of hydrogen-bond acceptors (Lipinski definition) is 4. The molecule has 4 heteroatoms. The molecule has 50 heavy (non-hydrogen) atoms. The van der Waals surface area contributed by atoms with E-state index in [4.69, 9.17) is 0 Å². The molecule has 3 aliphatic rings. The van der Waals surface area contributed by atoms with Gasteiger partial charge in [-0.3, -0.25) is 0 Å². The summed E-state index contributed by atoms with van der Waals surface area (Å²) in [4.78, 5) is 9.21. The Bertz CT molecular complexity index is 2190. The average Bonchev–Trinajstić information content (AvgIpc) is 3.75. The van der Waals surface area contributed by atoms with Crippen molar-refractivity contribution in [2.45, 2.75) is 43.5 Å². The first-order valence-electron chi connectivity index (χ1n) is 17.5. The molecule has 6 aromatic rings. The summed E-state index contributed by atoms with van der Waals surface area (Å²) in [5.74, 6) is 0.334. The zero-order valence-electron chi connectivity index (χ0n) is 28.4. The maximum Gasteiger partial charge on any atom is 0.0637 e. The normalized spacial score (nSPS) is 17.2. The number of allylic oxidation sites excluding steroid dienone is 5. The summed E-state index contributed by atoms with van der Waals surface area (Å²) in [6.45, 7) is 4.00. The van der Waals surface area contributed by atoms with Crippen molar-refractivity contribution in [1.29, 1.82) is 0 Å². The molecule has 5 aromatic carbocycles. The second-order valence-electron chi connectivity index (χ2n) is 12.7. The Hall–Kier alpha value is -5.03. The first-order valence-corrected chi connectivity index (χ1v) is 19.1. The fourth-order valence-electron chi connectivity index (χ4n) is 7.33. The Balaban J connectivity index is 0.000000859. The highest BCUT2D eigenvalue weighted by Crippen LogP contribution is 2.54. The van der Waals surface area contributed by atoms with Gasteiger partial charge in [-0.1, -0.05) is 115 Å². The molecule has 0 saturated carbocycles. The van der Waals surface area contributed by atoms with Gasteiger partial charge in [-0.05, 0) is 115 Å². The molecule has 0 N–H and O–H groups in total. The van der Waals surface area contributed by atoms with E-state index in [1.807, 2.05) is 49.1 Å². The molecule has 0 bridgehead atoms. The molecule has 0 amide bonds. The van der Waals surface area contributed by atoms with E-state index in [-0.39, 0.29) is 6.04 Å². The van der Waals surface area contributed by atoms with Gasteiger partial charge in [0.05, 0.1) is 6.04 Å². The van der Waals surface area contributed by atoms with Crippen LogP contribution in [-0.2, 0) is 6.42 Å². The van der Waals surface area contributed by atoms with Gasteiger partial charge in [0.15, 0.2) is 0 Å². The van der Waals surface area contributed by atoms with E-state index in [0.29, 0.717) is 5.92 Å². The first-order chi connectivity index (χ1) is 24.7. The number of hydrogen-bond donors (Lipinski definition) is 0. The van der Waals surface area contributed by atoms with E-state index >= 15 is 0 Å². The van der Waals surface area contributed by atoms with Crippen molar-refractivity contribution in [3.05, 3.63) is 190 Å². The number of fused-ring (bicyclic) bond motifs is 6. The molecule has 0 fully saturated rings. The van der Waals surface area contributed by atoms with Crippen LogP contribution in [0.15, 0.2) is 179 Å². The van der Waals surface area contributed by atoms with Crippen LogP contribution in [0, 0.1) is 0 Å². The number of rotatable bonds is 6. The summed E-state index contributed by atoms with van der Waals surface area (Å²) in [6, 6.07) is 48.6. The number of nitrogens with zero attached hydrogens (tertiary/aromatic N) is 2. The van der Waals surface area contributed by atoms with Crippen molar-refractivity contribution >= 4 is 62.0 Å². The van der Waals surface area contributed by atoms with E-state index in [2.05, 4.69) is 168 Å². The topological polar surface area (TPSA) is 6.48 Å². The van der Waals surface area contributed by atoms with Gasteiger partial charge in [0.25, 0.3) is 0 Å². The lowest BCUT2D eigenvalue weighted by Gasteiger charge is -2.40. The second-order valence-corrected chi connectivity index (χ2v) is 14.9. The molecule has 9 rings (SSSR count). The molecule has 0 spiro atoms. The fraction of sp³-hybridized carbons (Fsp3) is 0.130. The maximum absolute atomic E-state index is 2.63. The highest BCUT2D eigenvalue weighted by atomic mass is 32.2. The lowest BCUT2D eigenvalue weighted by atomic mass is 9.85. The molecule has 2 nitrogen and oxygen atoms in total. The monoisotopic (exact) mass is 684 g/mol. The van der Waals surface area contributed by atoms with Gasteiger partial charge in [-0.2, -0.15) is 0 Å². The number of aryl methyl sites for hydroxylation is 1. The summed E-state index contributed by atoms with van der Waals surface area (Å²) in [5, 5.41) is 1.37. The fourth-order valence-corrected chi connectivity index (χ4v) is 9.78. The van der Waals surface area contributed by atoms with Crippen molar-refractivity contribution in [1.82, 2.24) is 0 Å². The van der Waals surface area contributed by atoms with Crippen LogP contribution in [0.4, 0.5) is 22.7 Å². The number of anilines is 4. The van der Waals surface area contributed by atoms with Gasteiger partial charge >= 0.3 is 0 Å². The molecule has 0 radical (unpaired) electrons. The SMILES string of the molecule is C/C=C\C.C1=CC(N(C2=Cc3sc4ccc(N(c5ccccc5)c5ccccc5)cc4c3CC2)c2ccccc2)C2C(=C1)Sc1ccccc12. The van der Waals surface area contributed by atoms with Gasteiger partial charge in [0.1, 0.15) is 0 Å². The van der Waals surface area contributed by atoms with Crippen LogP contribution in [0.5, 0.6) is 0 Å². The van der Waals surface area contributed by atoms with Gasteiger partial charge in [-0.25, -0.2) is 0 Å². The van der Waals surface area contributed by atoms with Crippen LogP contribution < -0.4 is 9.80 Å². The molecule has 2 atom stereocenters. The van der Waals surface area contributed by atoms with Gasteiger partial charge in [-0.15, -0.1) is 11.3 Å². The van der Waals surface area contributed by atoms with Crippen LogP contribution in [0.2, 0.25) is 0 Å². The van der Waals surface area contributed by atoms with E-state index in [1.54, 1.807) is 0 Å². The average molecular weight is 685 g/mol. The van der Waals surface area contributed by atoms with Crippen molar-refractivity contribution < 1.29 is 0 Å². The minimum atomic E-state index is 0.220. The molecule has 246 valence electrons. The van der Waals surface area contributed by atoms with Crippen molar-refractivity contribution in [2.24, 2.45) is 0 Å². The van der Waals surface area contributed by atoms with Crippen LogP contribution in [0.25, 0.3) is 16.2 Å². The molecular formula is C46H40N2S2. The molecule has 1 aromatic heterocycles. The van der Waals surface area contributed by atoms with E-state index < -0.39 is 0 Å².